The molecule has 3 aliphatic heterocycles. The number of hydrogen-bond acceptors (Lipinski definition) is 10. The summed E-state index contributed by atoms with van der Waals surface area (Å²) in [6, 6.07) is 21.8. The van der Waals surface area contributed by atoms with Crippen molar-refractivity contribution >= 4 is 21.8 Å². The Bertz CT molecular complexity index is 1790. The number of rotatable bonds is 13. The number of nitro benzene ring substituents is 1. The van der Waals surface area contributed by atoms with Crippen molar-refractivity contribution in [2.45, 2.75) is 82.3 Å². The molecule has 0 saturated carbocycles. The Balaban J connectivity index is 1.28. The number of fused-ring (bicyclic) bond motifs is 1. The molecule has 13 nitrogen and oxygen atoms in total. The number of sulfonamides is 1. The van der Waals surface area contributed by atoms with Gasteiger partial charge in [0.2, 0.25) is 10.0 Å². The van der Waals surface area contributed by atoms with E-state index in [1.807, 2.05) is 68.4 Å². The zero-order valence-corrected chi connectivity index (χ0v) is 30.1. The first-order chi connectivity index (χ1) is 24.3. The highest BCUT2D eigenvalue weighted by Crippen LogP contribution is 2.39. The quantitative estimate of drug-likeness (QED) is 0.157. The molecule has 0 spiro atoms. The second-order valence-corrected chi connectivity index (χ2v) is 16.0. The molecule has 6 rings (SSSR count). The van der Waals surface area contributed by atoms with Crippen molar-refractivity contribution in [2.24, 2.45) is 11.8 Å². The van der Waals surface area contributed by atoms with Crippen molar-refractivity contribution in [3.8, 4) is 5.75 Å². The van der Waals surface area contributed by atoms with Gasteiger partial charge in [-0.25, -0.2) is 13.2 Å². The van der Waals surface area contributed by atoms with Crippen LogP contribution in [0.3, 0.4) is 0 Å². The molecule has 51 heavy (non-hydrogen) atoms. The van der Waals surface area contributed by atoms with Gasteiger partial charge in [0.1, 0.15) is 24.2 Å². The summed E-state index contributed by atoms with van der Waals surface area (Å²) in [5, 5.41) is 11.5. The summed E-state index contributed by atoms with van der Waals surface area (Å²) in [7, 11) is -4.21. The maximum absolute atomic E-state index is 14.1. The number of ether oxygens (including phenoxy) is 5. The summed E-state index contributed by atoms with van der Waals surface area (Å²) < 4.78 is 59.5. The summed E-state index contributed by atoms with van der Waals surface area (Å²) >= 11 is 0. The van der Waals surface area contributed by atoms with E-state index in [-0.39, 0.29) is 42.1 Å². The molecule has 0 bridgehead atoms. The third-order valence-electron chi connectivity index (χ3n) is 9.45. The Morgan fingerprint density at radius 3 is 2.49 bits per heavy atom. The molecule has 4 unspecified atom stereocenters. The number of non-ortho nitro benzene ring substituents is 1. The zero-order chi connectivity index (χ0) is 36.3. The Kier molecular flexibility index (Phi) is 11.0. The number of hydrogen-bond donors (Lipinski definition) is 0. The fourth-order valence-electron chi connectivity index (χ4n) is 7.03. The molecule has 0 aromatic heterocycles. The van der Waals surface area contributed by atoms with Crippen molar-refractivity contribution in [1.82, 2.24) is 9.21 Å². The van der Waals surface area contributed by atoms with Gasteiger partial charge in [-0.2, -0.15) is 4.31 Å². The Morgan fingerprint density at radius 2 is 1.78 bits per heavy atom. The summed E-state index contributed by atoms with van der Waals surface area (Å²) in [6.07, 6.45) is -1.23. The molecule has 1 amide bonds. The van der Waals surface area contributed by atoms with E-state index < -0.39 is 51.3 Å². The predicted octanol–water partition coefficient (Wildman–Crippen LogP) is 5.77. The van der Waals surface area contributed by atoms with E-state index in [0.717, 1.165) is 17.2 Å². The highest BCUT2D eigenvalue weighted by molar-refractivity contribution is 7.89. The monoisotopic (exact) mass is 723 g/mol. The van der Waals surface area contributed by atoms with Crippen LogP contribution in [-0.4, -0.2) is 85.2 Å². The molecule has 3 heterocycles. The smallest absolute Gasteiger partial charge is 0.412 e. The van der Waals surface area contributed by atoms with Gasteiger partial charge >= 0.3 is 6.09 Å². The molecule has 0 radical (unpaired) electrons. The van der Waals surface area contributed by atoms with E-state index in [9.17, 15) is 23.3 Å². The zero-order valence-electron chi connectivity index (χ0n) is 29.3. The number of amides is 1. The molecule has 3 aromatic carbocycles. The number of benzene rings is 3. The maximum Gasteiger partial charge on any atom is 0.412 e. The van der Waals surface area contributed by atoms with Crippen molar-refractivity contribution in [2.75, 3.05) is 26.3 Å². The van der Waals surface area contributed by atoms with Gasteiger partial charge in [-0.1, -0.05) is 62.4 Å². The first-order valence-corrected chi connectivity index (χ1v) is 18.7. The van der Waals surface area contributed by atoms with E-state index in [0.29, 0.717) is 31.8 Å². The molecule has 14 heteroatoms. The van der Waals surface area contributed by atoms with Crippen molar-refractivity contribution in [3.05, 3.63) is 100 Å². The maximum atomic E-state index is 14.1. The summed E-state index contributed by atoms with van der Waals surface area (Å²) in [4.78, 5) is 26.4. The van der Waals surface area contributed by atoms with Crippen LogP contribution in [-0.2, 0) is 42.0 Å². The first kappa shape index (κ1) is 36.7. The van der Waals surface area contributed by atoms with Crippen molar-refractivity contribution in [1.29, 1.82) is 0 Å². The first-order valence-electron chi connectivity index (χ1n) is 17.2. The fourth-order valence-corrected chi connectivity index (χ4v) is 8.69. The fraction of sp³-hybridized carbons (Fsp3) is 0.486. The Morgan fingerprint density at radius 1 is 1.04 bits per heavy atom. The second-order valence-electron chi connectivity index (χ2n) is 14.1. The van der Waals surface area contributed by atoms with Crippen molar-refractivity contribution in [3.63, 3.8) is 0 Å². The van der Waals surface area contributed by atoms with Gasteiger partial charge in [-0.05, 0) is 61.9 Å². The van der Waals surface area contributed by atoms with Gasteiger partial charge in [0.05, 0.1) is 41.1 Å². The molecule has 274 valence electrons. The average Bonchev–Trinajstić information content (AvgIpc) is 3.78. The van der Waals surface area contributed by atoms with Gasteiger partial charge in [0.25, 0.3) is 5.69 Å². The SMILES string of the molecule is CC(C)CN(C[C@H]1OC(C)(C)N(C(=O)OC2COC3OCCC23)C1Cc1ccc(OCc2ccccc2)cc1)S(=O)(=O)c1cccc([N+](=O)[O-])c1. The van der Waals surface area contributed by atoms with Crippen LogP contribution in [0.15, 0.2) is 83.8 Å². The minimum atomic E-state index is -4.21. The van der Waals surface area contributed by atoms with Crippen LogP contribution in [0, 0.1) is 22.0 Å². The van der Waals surface area contributed by atoms with Gasteiger partial charge in [-0.15, -0.1) is 0 Å². The lowest BCUT2D eigenvalue weighted by atomic mass is 9.99. The highest BCUT2D eigenvalue weighted by atomic mass is 32.2. The van der Waals surface area contributed by atoms with E-state index in [1.165, 1.54) is 22.5 Å². The third-order valence-corrected chi connectivity index (χ3v) is 11.3. The lowest BCUT2D eigenvalue weighted by molar-refractivity contribution is -0.385. The standard InChI is InChI=1S/C37H45N3O10S/c1-25(2)21-38(51(44,45)30-12-8-11-28(20-30)40(42)43)22-33-32(19-26-13-15-29(16-14-26)47-23-27-9-6-5-7-10-27)39(37(3,4)50-33)36(41)49-34-24-48-35-31(34)17-18-46-35/h5-16,20,25,31-35H,17-19,21-24H2,1-4H3/t31?,32?,33-,34?,35?/m1/s1. The lowest BCUT2D eigenvalue weighted by Gasteiger charge is -2.34. The molecular weight excluding hydrogens is 678 g/mol. The van der Waals surface area contributed by atoms with Crippen LogP contribution in [0.5, 0.6) is 5.75 Å². The van der Waals surface area contributed by atoms with Gasteiger partial charge in [0.15, 0.2) is 6.29 Å². The van der Waals surface area contributed by atoms with E-state index in [4.69, 9.17) is 23.7 Å². The van der Waals surface area contributed by atoms with Gasteiger partial charge in [-0.3, -0.25) is 15.0 Å². The van der Waals surface area contributed by atoms with E-state index in [2.05, 4.69) is 0 Å². The predicted molar refractivity (Wildman–Crippen MR) is 186 cm³/mol. The molecule has 3 aromatic rings. The van der Waals surface area contributed by atoms with Gasteiger partial charge in [0, 0.05) is 25.2 Å². The average molecular weight is 724 g/mol. The van der Waals surface area contributed by atoms with Crippen LogP contribution in [0.2, 0.25) is 0 Å². The second kappa shape index (κ2) is 15.3. The number of carbonyl (C=O) groups excluding carboxylic acids is 1. The largest absolute Gasteiger partial charge is 0.489 e. The van der Waals surface area contributed by atoms with Crippen LogP contribution >= 0.6 is 0 Å². The molecule has 0 aliphatic carbocycles. The van der Waals surface area contributed by atoms with Crippen molar-refractivity contribution < 1.29 is 41.8 Å². The number of nitrogens with zero attached hydrogens (tertiary/aromatic N) is 3. The van der Waals surface area contributed by atoms with Gasteiger partial charge < -0.3 is 23.7 Å². The molecule has 3 saturated heterocycles. The summed E-state index contributed by atoms with van der Waals surface area (Å²) in [5.74, 6) is 0.527. The topological polar surface area (TPSA) is 147 Å². The molecular formula is C37H45N3O10S. The summed E-state index contributed by atoms with van der Waals surface area (Å²) in [5.41, 5.74) is 0.418. The van der Waals surface area contributed by atoms with E-state index >= 15 is 0 Å². The van der Waals surface area contributed by atoms with Crippen LogP contribution in [0.1, 0.15) is 45.2 Å². The number of nitro groups is 1. The minimum absolute atomic E-state index is 0.0696. The Hall–Kier alpha value is -4.08. The van der Waals surface area contributed by atoms with Crippen LogP contribution in [0.4, 0.5) is 10.5 Å². The third kappa shape index (κ3) is 8.36. The molecule has 3 fully saturated rings. The minimum Gasteiger partial charge on any atom is -0.489 e. The summed E-state index contributed by atoms with van der Waals surface area (Å²) in [6.45, 7) is 8.48. The number of carbonyl (C=O) groups is 1. The molecule has 5 atom stereocenters. The Labute approximate surface area is 298 Å². The van der Waals surface area contributed by atoms with Crippen LogP contribution < -0.4 is 4.74 Å². The lowest BCUT2D eigenvalue weighted by Crippen LogP contribution is -2.51. The van der Waals surface area contributed by atoms with Crippen LogP contribution in [0.25, 0.3) is 0 Å². The highest BCUT2D eigenvalue weighted by Gasteiger charge is 2.53. The normalized spacial score (nSPS) is 24.2. The van der Waals surface area contributed by atoms with E-state index in [1.54, 1.807) is 18.7 Å². The molecule has 0 N–H and O–H groups in total. The molecule has 3 aliphatic rings.